The molecule has 1 saturated heterocycles. The van der Waals surface area contributed by atoms with E-state index in [0.717, 1.165) is 29.9 Å². The lowest BCUT2D eigenvalue weighted by Crippen LogP contribution is -2.46. The molecule has 0 spiro atoms. The van der Waals surface area contributed by atoms with Gasteiger partial charge >= 0.3 is 0 Å². The van der Waals surface area contributed by atoms with E-state index in [2.05, 4.69) is 0 Å². The van der Waals surface area contributed by atoms with E-state index >= 15 is 0 Å². The topological polar surface area (TPSA) is 38.5 Å². The van der Waals surface area contributed by atoms with Gasteiger partial charge in [-0.3, -0.25) is 0 Å². The number of piperidine rings is 1. The van der Waals surface area contributed by atoms with Crippen LogP contribution in [0.1, 0.15) is 17.9 Å². The summed E-state index contributed by atoms with van der Waals surface area (Å²) in [7, 11) is 1.63. The van der Waals surface area contributed by atoms with Crippen LogP contribution in [0.3, 0.4) is 0 Å². The fraction of sp³-hybridized carbons (Fsp3) is 0.333. The average Bonchev–Trinajstić information content (AvgIpc) is 2.56. The van der Waals surface area contributed by atoms with Crippen molar-refractivity contribution in [1.82, 2.24) is 0 Å². The number of nitrogens with two attached hydrogens (primary N) is 1. The third kappa shape index (κ3) is 3.45. The number of ether oxygens (including phenoxy) is 1. The summed E-state index contributed by atoms with van der Waals surface area (Å²) in [4.78, 5) is 1.83. The van der Waals surface area contributed by atoms with Gasteiger partial charge in [-0.05, 0) is 36.2 Å². The Balaban J connectivity index is 1.88. The van der Waals surface area contributed by atoms with E-state index in [1.807, 2.05) is 29.2 Å². The lowest BCUT2D eigenvalue weighted by Gasteiger charge is -2.38. The number of benzene rings is 2. The molecule has 0 aromatic heterocycles. The van der Waals surface area contributed by atoms with Gasteiger partial charge in [0.15, 0.2) is 0 Å². The minimum Gasteiger partial charge on any atom is -0.497 e. The first-order chi connectivity index (χ1) is 11.1. The largest absolute Gasteiger partial charge is 0.497 e. The van der Waals surface area contributed by atoms with Crippen molar-refractivity contribution in [1.29, 1.82) is 0 Å². The summed E-state index contributed by atoms with van der Waals surface area (Å²) in [5.41, 5.74) is 7.53. The zero-order chi connectivity index (χ0) is 16.4. The molecule has 0 aliphatic carbocycles. The fourth-order valence-corrected chi connectivity index (χ4v) is 3.20. The van der Waals surface area contributed by atoms with E-state index in [1.165, 1.54) is 6.07 Å². The van der Waals surface area contributed by atoms with Crippen LogP contribution >= 0.6 is 0 Å². The summed E-state index contributed by atoms with van der Waals surface area (Å²) in [6.07, 6.45) is 0.806. The van der Waals surface area contributed by atoms with E-state index in [1.54, 1.807) is 7.11 Å². The van der Waals surface area contributed by atoms with E-state index in [4.69, 9.17) is 10.5 Å². The highest BCUT2D eigenvalue weighted by molar-refractivity contribution is 5.49. The molecular formula is C18H20F2N2O. The Morgan fingerprint density at radius 3 is 2.74 bits per heavy atom. The van der Waals surface area contributed by atoms with Gasteiger partial charge in [0, 0.05) is 31.1 Å². The second-order valence-electron chi connectivity index (χ2n) is 5.97. The summed E-state index contributed by atoms with van der Waals surface area (Å²) in [6.45, 7) is 1.11. The molecule has 1 aliphatic rings. The van der Waals surface area contributed by atoms with Crippen molar-refractivity contribution in [2.75, 3.05) is 25.1 Å². The Morgan fingerprint density at radius 2 is 1.96 bits per heavy atom. The molecule has 1 aliphatic heterocycles. The summed E-state index contributed by atoms with van der Waals surface area (Å²) in [6, 6.07) is 11.2. The second kappa shape index (κ2) is 6.54. The highest BCUT2D eigenvalue weighted by Crippen LogP contribution is 2.32. The van der Waals surface area contributed by atoms with Crippen molar-refractivity contribution in [2.45, 2.75) is 18.4 Å². The Bertz CT molecular complexity index is 692. The highest BCUT2D eigenvalue weighted by atomic mass is 19.1. The van der Waals surface area contributed by atoms with Crippen molar-refractivity contribution < 1.29 is 13.5 Å². The van der Waals surface area contributed by atoms with Gasteiger partial charge in [0.1, 0.15) is 17.4 Å². The second-order valence-corrected chi connectivity index (χ2v) is 5.97. The zero-order valence-electron chi connectivity index (χ0n) is 13.0. The maximum atomic E-state index is 14.1. The average molecular weight is 318 g/mol. The van der Waals surface area contributed by atoms with Crippen LogP contribution in [-0.2, 0) is 0 Å². The molecule has 122 valence electrons. The maximum Gasteiger partial charge on any atom is 0.146 e. The predicted molar refractivity (Wildman–Crippen MR) is 86.9 cm³/mol. The lowest BCUT2D eigenvalue weighted by molar-refractivity contribution is 0.411. The van der Waals surface area contributed by atoms with Crippen molar-refractivity contribution in [3.8, 4) is 5.75 Å². The van der Waals surface area contributed by atoms with Gasteiger partial charge in [-0.2, -0.15) is 0 Å². The minimum atomic E-state index is -0.446. The zero-order valence-corrected chi connectivity index (χ0v) is 13.0. The normalized spacial score (nSPS) is 21.3. The molecule has 2 N–H and O–H groups in total. The van der Waals surface area contributed by atoms with Gasteiger partial charge in [0.25, 0.3) is 0 Å². The molecule has 23 heavy (non-hydrogen) atoms. The number of rotatable bonds is 3. The molecule has 0 radical (unpaired) electrons. The third-order valence-electron chi connectivity index (χ3n) is 4.30. The van der Waals surface area contributed by atoms with Gasteiger partial charge in [0.2, 0.25) is 0 Å². The molecule has 0 bridgehead atoms. The Hall–Kier alpha value is -2.14. The van der Waals surface area contributed by atoms with Crippen LogP contribution in [-0.4, -0.2) is 26.2 Å². The Morgan fingerprint density at radius 1 is 1.13 bits per heavy atom. The molecule has 2 aromatic carbocycles. The molecule has 3 rings (SSSR count). The number of methoxy groups -OCH3 is 1. The molecule has 5 heteroatoms. The summed E-state index contributed by atoms with van der Waals surface area (Å²) >= 11 is 0. The molecule has 2 aromatic rings. The van der Waals surface area contributed by atoms with E-state index in [0.29, 0.717) is 13.1 Å². The molecule has 3 nitrogen and oxygen atoms in total. The lowest BCUT2D eigenvalue weighted by atomic mass is 9.88. The molecule has 0 amide bonds. The molecule has 2 unspecified atom stereocenters. The first-order valence-corrected chi connectivity index (χ1v) is 7.66. The van der Waals surface area contributed by atoms with Crippen LogP contribution in [0.2, 0.25) is 0 Å². The van der Waals surface area contributed by atoms with Gasteiger partial charge in [-0.15, -0.1) is 0 Å². The van der Waals surface area contributed by atoms with Crippen molar-refractivity contribution in [3.05, 3.63) is 59.7 Å². The minimum absolute atomic E-state index is 0.0948. The Labute approximate surface area is 134 Å². The number of hydrogen-bond donors (Lipinski definition) is 1. The van der Waals surface area contributed by atoms with Crippen molar-refractivity contribution in [3.63, 3.8) is 0 Å². The standard InChI is InChI=1S/C18H20F2N2O/c1-23-16-4-2-3-12(8-16)13-7-15(21)11-22(10-13)18-9-14(19)5-6-17(18)20/h2-6,8-9,13,15H,7,10-11,21H2,1H3. The number of nitrogens with zero attached hydrogens (tertiary/aromatic N) is 1. The fourth-order valence-electron chi connectivity index (χ4n) is 3.20. The van der Waals surface area contributed by atoms with Crippen LogP contribution in [0.4, 0.5) is 14.5 Å². The Kier molecular flexibility index (Phi) is 4.48. The summed E-state index contributed by atoms with van der Waals surface area (Å²) < 4.78 is 32.8. The first-order valence-electron chi connectivity index (χ1n) is 7.66. The van der Waals surface area contributed by atoms with Gasteiger partial charge in [0.05, 0.1) is 12.8 Å². The van der Waals surface area contributed by atoms with Crippen molar-refractivity contribution in [2.24, 2.45) is 5.73 Å². The van der Waals surface area contributed by atoms with Gasteiger partial charge in [-0.25, -0.2) is 8.78 Å². The smallest absolute Gasteiger partial charge is 0.146 e. The van der Waals surface area contributed by atoms with E-state index in [-0.39, 0.29) is 17.6 Å². The quantitative estimate of drug-likeness (QED) is 0.944. The van der Waals surface area contributed by atoms with Crippen LogP contribution in [0.15, 0.2) is 42.5 Å². The monoisotopic (exact) mass is 318 g/mol. The van der Waals surface area contributed by atoms with Crippen LogP contribution < -0.4 is 15.4 Å². The number of hydrogen-bond acceptors (Lipinski definition) is 3. The number of anilines is 1. The summed E-state index contributed by atoms with van der Waals surface area (Å²) in [5, 5.41) is 0. The van der Waals surface area contributed by atoms with E-state index in [9.17, 15) is 8.78 Å². The summed E-state index contributed by atoms with van der Waals surface area (Å²) in [5.74, 6) is 0.0602. The molecule has 1 fully saturated rings. The molecule has 2 atom stereocenters. The van der Waals surface area contributed by atoms with Crippen molar-refractivity contribution >= 4 is 5.69 Å². The van der Waals surface area contributed by atoms with Gasteiger partial charge in [-0.1, -0.05) is 12.1 Å². The third-order valence-corrected chi connectivity index (χ3v) is 4.30. The predicted octanol–water partition coefficient (Wildman–Crippen LogP) is 3.29. The van der Waals surface area contributed by atoms with E-state index < -0.39 is 11.6 Å². The van der Waals surface area contributed by atoms with Crippen LogP contribution in [0.5, 0.6) is 5.75 Å². The maximum absolute atomic E-state index is 14.1. The molecule has 0 saturated carbocycles. The van der Waals surface area contributed by atoms with Crippen LogP contribution in [0.25, 0.3) is 0 Å². The SMILES string of the molecule is COc1cccc(C2CC(N)CN(c3cc(F)ccc3F)C2)c1. The first kappa shape index (κ1) is 15.7. The number of halogens is 2. The molecule has 1 heterocycles. The molecular weight excluding hydrogens is 298 g/mol. The highest BCUT2D eigenvalue weighted by Gasteiger charge is 2.28. The van der Waals surface area contributed by atoms with Gasteiger partial charge < -0.3 is 15.4 Å². The van der Waals surface area contributed by atoms with Crippen LogP contribution in [0, 0.1) is 11.6 Å².